The highest BCUT2D eigenvalue weighted by Gasteiger charge is 2.28. The van der Waals surface area contributed by atoms with Crippen LogP contribution in [0.2, 0.25) is 5.02 Å². The molecule has 1 aromatic carbocycles. The maximum atomic E-state index is 13.3. The molecule has 7 heteroatoms. The zero-order valence-electron chi connectivity index (χ0n) is 8.26. The van der Waals surface area contributed by atoms with E-state index in [4.69, 9.17) is 16.7 Å². The number of benzene rings is 1. The van der Waals surface area contributed by atoms with E-state index >= 15 is 0 Å². The fourth-order valence-electron chi connectivity index (χ4n) is 1.35. The summed E-state index contributed by atoms with van der Waals surface area (Å²) < 4.78 is 51.5. The van der Waals surface area contributed by atoms with Crippen LogP contribution in [0.15, 0.2) is 12.1 Å². The summed E-state index contributed by atoms with van der Waals surface area (Å²) in [5.74, 6) is -5.65. The largest absolute Gasteiger partial charge is 0.481 e. The lowest BCUT2D eigenvalue weighted by atomic mass is 9.95. The van der Waals surface area contributed by atoms with Crippen molar-refractivity contribution in [3.05, 3.63) is 34.4 Å². The summed E-state index contributed by atoms with van der Waals surface area (Å²) >= 11 is 5.26. The predicted molar refractivity (Wildman–Crippen MR) is 52.4 cm³/mol. The van der Waals surface area contributed by atoms with E-state index in [2.05, 4.69) is 0 Å². The van der Waals surface area contributed by atoms with Crippen molar-refractivity contribution in [2.24, 2.45) is 0 Å². The highest BCUT2D eigenvalue weighted by molar-refractivity contribution is 6.30. The number of carbonyl (C=O) groups is 1. The van der Waals surface area contributed by atoms with Crippen molar-refractivity contribution < 1.29 is 27.5 Å². The topological polar surface area (TPSA) is 37.3 Å². The molecule has 1 unspecified atom stereocenters. The Kier molecular flexibility index (Phi) is 4.34. The van der Waals surface area contributed by atoms with Crippen LogP contribution in [0.3, 0.4) is 0 Å². The number of hydrogen-bond acceptors (Lipinski definition) is 1. The van der Waals surface area contributed by atoms with E-state index in [-0.39, 0.29) is 0 Å². The second kappa shape index (κ2) is 5.35. The fraction of sp³-hybridized carbons (Fsp3) is 0.300. The molecule has 1 aromatic rings. The third kappa shape index (κ3) is 3.33. The molecule has 2 nitrogen and oxygen atoms in total. The van der Waals surface area contributed by atoms with Crippen LogP contribution in [-0.4, -0.2) is 17.5 Å². The van der Waals surface area contributed by atoms with Crippen LogP contribution in [0.4, 0.5) is 17.6 Å². The average Bonchev–Trinajstić information content (AvgIpc) is 2.20. The van der Waals surface area contributed by atoms with Crippen molar-refractivity contribution in [3.8, 4) is 0 Å². The zero-order chi connectivity index (χ0) is 13.2. The van der Waals surface area contributed by atoms with Crippen molar-refractivity contribution in [2.45, 2.75) is 18.8 Å². The summed E-state index contributed by atoms with van der Waals surface area (Å²) in [7, 11) is 0. The van der Waals surface area contributed by atoms with Gasteiger partial charge in [-0.3, -0.25) is 4.79 Å². The lowest BCUT2D eigenvalue weighted by molar-refractivity contribution is -0.138. The molecule has 0 saturated heterocycles. The first kappa shape index (κ1) is 13.8. The number of hydrogen-bond donors (Lipinski definition) is 1. The maximum absolute atomic E-state index is 13.3. The average molecular weight is 271 g/mol. The minimum Gasteiger partial charge on any atom is -0.481 e. The summed E-state index contributed by atoms with van der Waals surface area (Å²) in [6, 6.07) is 1.04. The SMILES string of the molecule is O=C(O)CC(c1cc(F)c(Cl)cc1F)C(F)F. The van der Waals surface area contributed by atoms with Gasteiger partial charge in [-0.2, -0.15) is 0 Å². The fourth-order valence-corrected chi connectivity index (χ4v) is 1.50. The van der Waals surface area contributed by atoms with E-state index in [0.29, 0.717) is 12.1 Å². The molecular formula is C10H7ClF4O2. The zero-order valence-corrected chi connectivity index (χ0v) is 9.02. The second-order valence-electron chi connectivity index (χ2n) is 3.33. The quantitative estimate of drug-likeness (QED) is 0.672. The van der Waals surface area contributed by atoms with Crippen molar-refractivity contribution in [2.75, 3.05) is 0 Å². The molecule has 0 spiro atoms. The van der Waals surface area contributed by atoms with Gasteiger partial charge in [-0.05, 0) is 12.1 Å². The van der Waals surface area contributed by atoms with Gasteiger partial charge < -0.3 is 5.11 Å². The number of aliphatic carboxylic acids is 1. The second-order valence-corrected chi connectivity index (χ2v) is 3.73. The van der Waals surface area contributed by atoms with Crippen molar-refractivity contribution in [1.29, 1.82) is 0 Å². The lowest BCUT2D eigenvalue weighted by Gasteiger charge is -2.15. The van der Waals surface area contributed by atoms with E-state index < -0.39 is 47.0 Å². The highest BCUT2D eigenvalue weighted by atomic mass is 35.5. The van der Waals surface area contributed by atoms with Gasteiger partial charge in [0.25, 0.3) is 0 Å². The van der Waals surface area contributed by atoms with Gasteiger partial charge in [0, 0.05) is 5.56 Å². The minimum atomic E-state index is -3.11. The van der Waals surface area contributed by atoms with Crippen molar-refractivity contribution >= 4 is 17.6 Å². The van der Waals surface area contributed by atoms with E-state index in [0.717, 1.165) is 0 Å². The smallest absolute Gasteiger partial charge is 0.304 e. The van der Waals surface area contributed by atoms with Gasteiger partial charge in [-0.25, -0.2) is 17.6 Å². The monoisotopic (exact) mass is 270 g/mol. The van der Waals surface area contributed by atoms with Gasteiger partial charge in [0.2, 0.25) is 6.43 Å². The van der Waals surface area contributed by atoms with Gasteiger partial charge in [-0.1, -0.05) is 11.6 Å². The Balaban J connectivity index is 3.18. The first-order valence-electron chi connectivity index (χ1n) is 4.47. The molecule has 94 valence electrons. The molecule has 0 amide bonds. The van der Waals surface area contributed by atoms with E-state index in [9.17, 15) is 22.4 Å². The molecule has 0 aliphatic carbocycles. The standard InChI is InChI=1S/C10H7ClF4O2/c11-6-3-7(12)4(1-8(6)13)5(10(14)15)2-9(16)17/h1,3,5,10H,2H2,(H,16,17). The van der Waals surface area contributed by atoms with Gasteiger partial charge in [0.05, 0.1) is 17.4 Å². The molecule has 1 rings (SSSR count). The van der Waals surface area contributed by atoms with Crippen LogP contribution in [0, 0.1) is 11.6 Å². The molecule has 0 heterocycles. The normalized spacial score (nSPS) is 12.8. The molecule has 1 N–H and O–H groups in total. The Hall–Kier alpha value is -1.30. The first-order chi connectivity index (χ1) is 7.82. The predicted octanol–water partition coefficient (Wildman–Crippen LogP) is 3.44. The van der Waals surface area contributed by atoms with Gasteiger partial charge >= 0.3 is 5.97 Å². The van der Waals surface area contributed by atoms with E-state index in [1.165, 1.54) is 0 Å². The third-order valence-corrected chi connectivity index (χ3v) is 2.43. The Bertz CT molecular complexity index is 437. The van der Waals surface area contributed by atoms with Gasteiger partial charge in [0.15, 0.2) is 0 Å². The lowest BCUT2D eigenvalue weighted by Crippen LogP contribution is -2.16. The van der Waals surface area contributed by atoms with Crippen LogP contribution in [0.1, 0.15) is 17.9 Å². The maximum Gasteiger partial charge on any atom is 0.304 e. The summed E-state index contributed by atoms with van der Waals surface area (Å²) in [6.07, 6.45) is -4.10. The Morgan fingerprint density at radius 3 is 2.35 bits per heavy atom. The molecule has 0 saturated carbocycles. The molecular weight excluding hydrogens is 264 g/mol. The van der Waals surface area contributed by atoms with Crippen LogP contribution in [0.25, 0.3) is 0 Å². The third-order valence-electron chi connectivity index (χ3n) is 2.14. The molecule has 0 bridgehead atoms. The Labute approximate surface area is 98.8 Å². The van der Waals surface area contributed by atoms with Crippen LogP contribution < -0.4 is 0 Å². The number of halogens is 5. The number of rotatable bonds is 4. The van der Waals surface area contributed by atoms with Gasteiger partial charge in [0.1, 0.15) is 11.6 Å². The number of alkyl halides is 2. The molecule has 0 aliphatic rings. The van der Waals surface area contributed by atoms with E-state index in [1.54, 1.807) is 0 Å². The number of carboxylic acid groups (broad SMARTS) is 1. The van der Waals surface area contributed by atoms with Crippen LogP contribution >= 0.6 is 11.6 Å². The summed E-state index contributed by atoms with van der Waals surface area (Å²) in [4.78, 5) is 10.4. The van der Waals surface area contributed by atoms with Crippen LogP contribution in [-0.2, 0) is 4.79 Å². The molecule has 0 aromatic heterocycles. The van der Waals surface area contributed by atoms with Crippen LogP contribution in [0.5, 0.6) is 0 Å². The Morgan fingerprint density at radius 1 is 1.29 bits per heavy atom. The van der Waals surface area contributed by atoms with Gasteiger partial charge in [-0.15, -0.1) is 0 Å². The number of carboxylic acids is 1. The molecule has 0 fully saturated rings. The Morgan fingerprint density at radius 2 is 1.88 bits per heavy atom. The first-order valence-corrected chi connectivity index (χ1v) is 4.85. The van der Waals surface area contributed by atoms with Crippen molar-refractivity contribution in [1.82, 2.24) is 0 Å². The molecule has 1 atom stereocenters. The minimum absolute atomic E-state index is 0.497. The van der Waals surface area contributed by atoms with E-state index in [1.807, 2.05) is 0 Å². The summed E-state index contributed by atoms with van der Waals surface area (Å²) in [5.41, 5.74) is -0.690. The summed E-state index contributed by atoms with van der Waals surface area (Å²) in [6.45, 7) is 0. The molecule has 0 aliphatic heterocycles. The summed E-state index contributed by atoms with van der Waals surface area (Å²) in [5, 5.41) is 7.89. The highest BCUT2D eigenvalue weighted by Crippen LogP contribution is 2.31. The molecule has 17 heavy (non-hydrogen) atoms. The van der Waals surface area contributed by atoms with Crippen molar-refractivity contribution in [3.63, 3.8) is 0 Å². The molecule has 0 radical (unpaired) electrons.